The van der Waals surface area contributed by atoms with Crippen molar-refractivity contribution in [1.29, 1.82) is 0 Å². The predicted molar refractivity (Wildman–Crippen MR) is 97.9 cm³/mol. The van der Waals surface area contributed by atoms with E-state index in [-0.39, 0.29) is 11.1 Å². The smallest absolute Gasteiger partial charge is 0.306 e. The van der Waals surface area contributed by atoms with Crippen LogP contribution in [0, 0.1) is 39.1 Å². The Morgan fingerprint density at radius 3 is 2.36 bits per heavy atom. The van der Waals surface area contributed by atoms with Gasteiger partial charge in [0.05, 0.1) is 17.4 Å². The van der Waals surface area contributed by atoms with Crippen molar-refractivity contribution in [3.63, 3.8) is 0 Å². The van der Waals surface area contributed by atoms with Crippen molar-refractivity contribution in [3.05, 3.63) is 34.1 Å². The van der Waals surface area contributed by atoms with Crippen LogP contribution in [-0.2, 0) is 14.3 Å². The van der Waals surface area contributed by atoms with Gasteiger partial charge in [-0.25, -0.2) is 4.39 Å². The zero-order valence-electron chi connectivity index (χ0n) is 15.5. The van der Waals surface area contributed by atoms with Crippen LogP contribution in [0.15, 0.2) is 18.2 Å². The number of nitro groups is 1. The van der Waals surface area contributed by atoms with Gasteiger partial charge in [-0.3, -0.25) is 19.7 Å². The quantitative estimate of drug-likeness (QED) is 0.452. The van der Waals surface area contributed by atoms with Crippen LogP contribution in [0.1, 0.15) is 44.9 Å². The highest BCUT2D eigenvalue weighted by atomic mass is 19.1. The number of nitrogens with zero attached hydrogens (tertiary/aromatic N) is 1. The average molecular weight is 390 g/mol. The van der Waals surface area contributed by atoms with Crippen molar-refractivity contribution < 1.29 is 23.6 Å². The first-order valence-electron chi connectivity index (χ1n) is 9.71. The molecule has 7 nitrogen and oxygen atoms in total. The number of nitrogens with one attached hydrogen (secondary N) is 1. The number of carbonyl (C=O) groups is 2. The Kier molecular flexibility index (Phi) is 4.81. The highest BCUT2D eigenvalue weighted by Crippen LogP contribution is 2.61. The van der Waals surface area contributed by atoms with Crippen LogP contribution in [0.25, 0.3) is 0 Å². The number of hydrogen-bond donors (Lipinski definition) is 1. The molecule has 0 radical (unpaired) electrons. The van der Waals surface area contributed by atoms with Crippen LogP contribution in [-0.4, -0.2) is 23.4 Å². The first-order chi connectivity index (χ1) is 13.3. The summed E-state index contributed by atoms with van der Waals surface area (Å²) in [6.45, 7) is -0.514. The Morgan fingerprint density at radius 2 is 1.79 bits per heavy atom. The third kappa shape index (κ3) is 3.86. The van der Waals surface area contributed by atoms with Crippen LogP contribution in [0.2, 0.25) is 0 Å². The number of halogens is 1. The Balaban J connectivity index is 1.31. The Bertz CT molecular complexity index is 790. The third-order valence-corrected chi connectivity index (χ3v) is 6.48. The van der Waals surface area contributed by atoms with Gasteiger partial charge in [-0.05, 0) is 73.8 Å². The van der Waals surface area contributed by atoms with Gasteiger partial charge >= 0.3 is 5.97 Å². The minimum Gasteiger partial charge on any atom is -0.456 e. The number of benzene rings is 1. The van der Waals surface area contributed by atoms with E-state index in [0.29, 0.717) is 6.42 Å². The van der Waals surface area contributed by atoms with Crippen molar-refractivity contribution >= 4 is 23.3 Å². The lowest BCUT2D eigenvalue weighted by Crippen LogP contribution is -2.47. The van der Waals surface area contributed by atoms with Gasteiger partial charge in [0, 0.05) is 0 Å². The molecular weight excluding hydrogens is 367 g/mol. The Hall–Kier alpha value is -2.51. The molecule has 4 bridgehead atoms. The highest BCUT2D eigenvalue weighted by molar-refractivity contribution is 5.94. The van der Waals surface area contributed by atoms with E-state index in [0.717, 1.165) is 55.2 Å². The number of anilines is 1. The molecule has 1 aromatic carbocycles. The molecule has 0 atom stereocenters. The van der Waals surface area contributed by atoms with E-state index < -0.39 is 34.9 Å². The van der Waals surface area contributed by atoms with Crippen LogP contribution in [0.5, 0.6) is 0 Å². The normalized spacial score (nSPS) is 30.1. The largest absolute Gasteiger partial charge is 0.456 e. The monoisotopic (exact) mass is 390 g/mol. The van der Waals surface area contributed by atoms with Crippen molar-refractivity contribution in [3.8, 4) is 0 Å². The van der Waals surface area contributed by atoms with E-state index in [9.17, 15) is 24.1 Å². The van der Waals surface area contributed by atoms with Crippen molar-refractivity contribution in [2.45, 2.75) is 44.9 Å². The molecule has 4 aliphatic carbocycles. The summed E-state index contributed by atoms with van der Waals surface area (Å²) in [7, 11) is 0. The topological polar surface area (TPSA) is 98.5 Å². The molecule has 0 heterocycles. The van der Waals surface area contributed by atoms with Gasteiger partial charge in [0.25, 0.3) is 11.6 Å². The summed E-state index contributed by atoms with van der Waals surface area (Å²) in [5.41, 5.74) is -0.653. The molecule has 1 N–H and O–H groups in total. The summed E-state index contributed by atoms with van der Waals surface area (Å²) < 4.78 is 18.3. The number of ether oxygens (including phenoxy) is 1. The fraction of sp³-hybridized carbons (Fsp3) is 0.600. The van der Waals surface area contributed by atoms with Gasteiger partial charge in [0.15, 0.2) is 6.61 Å². The zero-order valence-corrected chi connectivity index (χ0v) is 15.5. The SMILES string of the molecule is O=C(COC(=O)CC12CC3CC(CC(C3)C1)C2)Nc1ccc(F)cc1[N+](=O)[O-]. The van der Waals surface area contributed by atoms with E-state index in [1.54, 1.807) is 0 Å². The second kappa shape index (κ2) is 7.14. The molecular formula is C20H23FN2O5. The Morgan fingerprint density at radius 1 is 1.18 bits per heavy atom. The number of nitro benzene ring substituents is 1. The minimum atomic E-state index is -0.780. The lowest BCUT2D eigenvalue weighted by atomic mass is 9.49. The summed E-state index contributed by atoms with van der Waals surface area (Å²) >= 11 is 0. The molecule has 1 aromatic rings. The molecule has 4 saturated carbocycles. The molecule has 0 aromatic heterocycles. The van der Waals surface area contributed by atoms with Gasteiger partial charge < -0.3 is 10.1 Å². The molecule has 0 saturated heterocycles. The summed E-state index contributed by atoms with van der Waals surface area (Å²) in [6, 6.07) is 2.86. The summed E-state index contributed by atoms with van der Waals surface area (Å²) in [5, 5.41) is 13.3. The molecule has 0 unspecified atom stereocenters. The first kappa shape index (κ1) is 18.8. The Labute approximate surface area is 161 Å². The molecule has 4 fully saturated rings. The summed E-state index contributed by atoms with van der Waals surface area (Å²) in [6.07, 6.45) is 7.40. The maximum absolute atomic E-state index is 13.2. The van der Waals surface area contributed by atoms with Crippen LogP contribution < -0.4 is 5.32 Å². The van der Waals surface area contributed by atoms with Crippen LogP contribution in [0.4, 0.5) is 15.8 Å². The molecule has 5 rings (SSSR count). The van der Waals surface area contributed by atoms with E-state index >= 15 is 0 Å². The fourth-order valence-corrected chi connectivity index (χ4v) is 5.96. The first-order valence-corrected chi connectivity index (χ1v) is 9.71. The number of esters is 1. The minimum absolute atomic E-state index is 0.0258. The number of rotatable bonds is 6. The van der Waals surface area contributed by atoms with E-state index in [2.05, 4.69) is 5.32 Å². The number of hydrogen-bond acceptors (Lipinski definition) is 5. The van der Waals surface area contributed by atoms with Crippen molar-refractivity contribution in [2.24, 2.45) is 23.2 Å². The molecule has 0 aliphatic heterocycles. The molecule has 8 heteroatoms. The lowest BCUT2D eigenvalue weighted by Gasteiger charge is -2.56. The molecule has 28 heavy (non-hydrogen) atoms. The van der Waals surface area contributed by atoms with Gasteiger partial charge in [-0.15, -0.1) is 0 Å². The molecule has 0 spiro atoms. The second-order valence-electron chi connectivity index (χ2n) is 8.72. The van der Waals surface area contributed by atoms with Crippen molar-refractivity contribution in [2.75, 3.05) is 11.9 Å². The van der Waals surface area contributed by atoms with Gasteiger partial charge in [-0.1, -0.05) is 0 Å². The zero-order chi connectivity index (χ0) is 19.9. The predicted octanol–water partition coefficient (Wildman–Crippen LogP) is 3.82. The van der Waals surface area contributed by atoms with Crippen molar-refractivity contribution in [1.82, 2.24) is 0 Å². The van der Waals surface area contributed by atoms with E-state index in [4.69, 9.17) is 4.74 Å². The van der Waals surface area contributed by atoms with Gasteiger partial charge in [-0.2, -0.15) is 0 Å². The molecule has 4 aliphatic rings. The average Bonchev–Trinajstić information content (AvgIpc) is 2.60. The highest BCUT2D eigenvalue weighted by Gasteiger charge is 2.51. The van der Waals surface area contributed by atoms with E-state index in [1.165, 1.54) is 19.3 Å². The lowest BCUT2D eigenvalue weighted by molar-refractivity contribution is -0.384. The number of carbonyl (C=O) groups excluding carboxylic acids is 2. The van der Waals surface area contributed by atoms with E-state index in [1.807, 2.05) is 0 Å². The van der Waals surface area contributed by atoms with Crippen LogP contribution >= 0.6 is 0 Å². The van der Waals surface area contributed by atoms with Gasteiger partial charge in [0.2, 0.25) is 0 Å². The van der Waals surface area contributed by atoms with Crippen LogP contribution in [0.3, 0.4) is 0 Å². The second-order valence-corrected chi connectivity index (χ2v) is 8.72. The van der Waals surface area contributed by atoms with Gasteiger partial charge in [0.1, 0.15) is 11.5 Å². The summed E-state index contributed by atoms with van der Waals surface area (Å²) in [4.78, 5) is 34.6. The maximum atomic E-state index is 13.2. The summed E-state index contributed by atoms with van der Waals surface area (Å²) in [5.74, 6) is 0.315. The molecule has 150 valence electrons. The molecule has 1 amide bonds. The maximum Gasteiger partial charge on any atom is 0.306 e. The standard InChI is InChI=1S/C20H23FN2O5/c21-15-1-2-16(17(6-15)23(26)27)22-18(24)11-28-19(25)10-20-7-12-3-13(8-20)5-14(4-12)9-20/h1-2,6,12-14H,3-5,7-11H2,(H,22,24). The third-order valence-electron chi connectivity index (χ3n) is 6.48. The fourth-order valence-electron chi connectivity index (χ4n) is 5.96. The number of amides is 1.